The molecule has 0 aliphatic carbocycles. The fourth-order valence-electron chi connectivity index (χ4n) is 8.72. The highest BCUT2D eigenvalue weighted by Gasteiger charge is 2.60. The number of hydrogen-bond acceptors (Lipinski definition) is 22. The van der Waals surface area contributed by atoms with Crippen molar-refractivity contribution in [3.63, 3.8) is 0 Å². The maximum Gasteiger partial charge on any atom is 0.364 e. The first-order chi connectivity index (χ1) is 33.9. The van der Waals surface area contributed by atoms with E-state index in [1.54, 1.807) is 0 Å². The van der Waals surface area contributed by atoms with Crippen LogP contribution in [0.1, 0.15) is 108 Å². The van der Waals surface area contributed by atoms with Crippen molar-refractivity contribution in [3.05, 3.63) is 11.9 Å². The van der Waals surface area contributed by atoms with E-state index >= 15 is 0 Å². The summed E-state index contributed by atoms with van der Waals surface area (Å²) in [6.07, 6.45) is -10.8. The zero-order valence-corrected chi connectivity index (χ0v) is 40.2. The Hall–Kier alpha value is -3.62. The van der Waals surface area contributed by atoms with Gasteiger partial charge >= 0.3 is 5.97 Å². The van der Waals surface area contributed by atoms with Crippen molar-refractivity contribution < 1.29 is 104 Å². The molecule has 3 fully saturated rings. The Morgan fingerprint density at radius 2 is 1.41 bits per heavy atom. The number of ether oxygens (including phenoxy) is 6. The number of nitrogens with one attached hydrogen (secondary N) is 3. The molecule has 16 atom stereocenters. The second kappa shape index (κ2) is 29.9. The summed E-state index contributed by atoms with van der Waals surface area (Å²) < 4.78 is 36.0. The number of carbonyl (C=O) groups is 4. The summed E-state index contributed by atoms with van der Waals surface area (Å²) in [4.78, 5) is 50.4. The van der Waals surface area contributed by atoms with E-state index < -0.39 is 154 Å². The Morgan fingerprint density at radius 3 is 1.97 bits per heavy atom. The smallest absolute Gasteiger partial charge is 0.364 e. The molecule has 27 nitrogen and oxygen atoms in total. The summed E-state index contributed by atoms with van der Waals surface area (Å²) in [6, 6.07) is -3.20. The molecular weight excluding hydrogens is 949 g/mol. The molecule has 4 heterocycles. The van der Waals surface area contributed by atoms with Crippen molar-refractivity contribution in [1.82, 2.24) is 30.9 Å². The largest absolute Gasteiger partial charge is 0.477 e. The van der Waals surface area contributed by atoms with E-state index in [9.17, 15) is 75.3 Å². The number of aliphatic hydroxyl groups is 10. The first kappa shape index (κ1) is 59.9. The standard InChI is InChI=1S/C44H76N6O21/c1-3-4-5-6-7-8-9-10-11-12-13-14-15-45-40(63)25-19-50(49-48-25)16-17-66-41-32(46-24(2)55)37(34(60)28(21-52)67-41)69-42-36(62)39(35(61)29(22-53)68-42)71-44(43(64)65)18-26(56)31(47-30(58)23-54)38(70-44)33(59)27(57)20-51/h19,26-29,31-39,41-42,51-54,56-57,59-62H,3-18,20-23H2,1-2H3,(H,45,63)(H,46,55)(H,47,58)(H,64,65)/t26-,27+,28+,29+,31+,32+,33+,34+,35-,36+,37+,38+,39-,41+,42-,44-/m0/s1. The van der Waals surface area contributed by atoms with Gasteiger partial charge in [-0.2, -0.15) is 0 Å². The molecule has 14 N–H and O–H groups in total. The van der Waals surface area contributed by atoms with Gasteiger partial charge in [-0.15, -0.1) is 5.10 Å². The maximum atomic E-state index is 13.0. The fourth-order valence-corrected chi connectivity index (χ4v) is 8.72. The zero-order valence-electron chi connectivity index (χ0n) is 40.2. The van der Waals surface area contributed by atoms with Gasteiger partial charge in [-0.3, -0.25) is 14.4 Å². The molecule has 0 saturated carbocycles. The van der Waals surface area contributed by atoms with Crippen LogP contribution in [0.2, 0.25) is 0 Å². The molecule has 1 aromatic heterocycles. The number of rotatable bonds is 31. The zero-order chi connectivity index (χ0) is 52.3. The lowest BCUT2D eigenvalue weighted by Crippen LogP contribution is -2.71. The molecule has 4 rings (SSSR count). The SMILES string of the molecule is CCCCCCCCCCCCCCNC(=O)c1cn(CCO[C@@H]2O[C@H](CO)[C@@H](O)[C@H](O[C@@H]3O[C@H](CO)[C@H](O)[C@H](O[C@]4(C(=O)O)C[C@H](O)[C@@H](NC(=O)CO)[C@H]([C@H](O)[C@H](O)CO)O4)[C@H]3O)[C@H]2NC(C)=O)nn1. The number of nitrogens with zero attached hydrogens (tertiary/aromatic N) is 3. The number of amides is 3. The van der Waals surface area contributed by atoms with Gasteiger partial charge in [0.05, 0.1) is 51.3 Å². The second-order valence-electron chi connectivity index (χ2n) is 18.1. The molecule has 0 radical (unpaired) electrons. The van der Waals surface area contributed by atoms with Gasteiger partial charge in [-0.25, -0.2) is 9.48 Å². The number of carboxylic acid groups (broad SMARTS) is 1. The van der Waals surface area contributed by atoms with Gasteiger partial charge in [0.15, 0.2) is 18.3 Å². The number of hydrogen-bond donors (Lipinski definition) is 14. The third-order valence-corrected chi connectivity index (χ3v) is 12.6. The predicted molar refractivity (Wildman–Crippen MR) is 240 cm³/mol. The summed E-state index contributed by atoms with van der Waals surface area (Å²) in [6.45, 7) is -0.560. The van der Waals surface area contributed by atoms with Gasteiger partial charge in [0.1, 0.15) is 73.7 Å². The lowest BCUT2D eigenvalue weighted by molar-refractivity contribution is -0.381. The van der Waals surface area contributed by atoms with Crippen molar-refractivity contribution in [3.8, 4) is 0 Å². The molecule has 408 valence electrons. The van der Waals surface area contributed by atoms with E-state index in [1.807, 2.05) is 0 Å². The molecule has 3 saturated heterocycles. The van der Waals surface area contributed by atoms with Crippen LogP contribution in [0.5, 0.6) is 0 Å². The van der Waals surface area contributed by atoms with E-state index in [0.29, 0.717) is 6.54 Å². The maximum absolute atomic E-state index is 13.0. The van der Waals surface area contributed by atoms with Gasteiger partial charge in [0.2, 0.25) is 11.8 Å². The van der Waals surface area contributed by atoms with Crippen LogP contribution in [0.4, 0.5) is 0 Å². The quantitative estimate of drug-likeness (QED) is 0.0313. The Balaban J connectivity index is 1.42. The van der Waals surface area contributed by atoms with Crippen molar-refractivity contribution in [1.29, 1.82) is 0 Å². The summed E-state index contributed by atoms with van der Waals surface area (Å²) in [5, 5.41) is 132. The van der Waals surface area contributed by atoms with Crippen LogP contribution in [-0.2, 0) is 49.3 Å². The summed E-state index contributed by atoms with van der Waals surface area (Å²) in [5.41, 5.74) is 0.0553. The second-order valence-corrected chi connectivity index (χ2v) is 18.1. The molecule has 3 amide bonds. The highest BCUT2D eigenvalue weighted by atomic mass is 16.8. The molecule has 27 heteroatoms. The Bertz CT molecular complexity index is 1770. The summed E-state index contributed by atoms with van der Waals surface area (Å²) in [5.74, 6) is -7.42. The molecule has 1 aromatic rings. The topological polar surface area (TPSA) is 413 Å². The molecule has 3 aliphatic heterocycles. The average Bonchev–Trinajstić information content (AvgIpc) is 3.83. The van der Waals surface area contributed by atoms with Crippen LogP contribution in [0.25, 0.3) is 0 Å². The molecule has 0 spiro atoms. The normalized spacial score (nSPS) is 31.9. The molecule has 71 heavy (non-hydrogen) atoms. The lowest BCUT2D eigenvalue weighted by Gasteiger charge is -2.51. The Labute approximate surface area is 410 Å². The van der Waals surface area contributed by atoms with E-state index in [2.05, 4.69) is 33.2 Å². The minimum atomic E-state index is -3.15. The molecule has 0 bridgehead atoms. The van der Waals surface area contributed by atoms with Crippen LogP contribution < -0.4 is 16.0 Å². The van der Waals surface area contributed by atoms with Crippen molar-refractivity contribution in [2.24, 2.45) is 0 Å². The number of aliphatic hydroxyl groups excluding tert-OH is 10. The first-order valence-electron chi connectivity index (χ1n) is 24.4. The lowest BCUT2D eigenvalue weighted by atomic mass is 9.88. The Morgan fingerprint density at radius 1 is 0.817 bits per heavy atom. The molecular formula is C44H76N6O21. The van der Waals surface area contributed by atoms with Gasteiger partial charge < -0.3 is 101 Å². The van der Waals surface area contributed by atoms with Crippen LogP contribution in [-0.4, -0.2) is 232 Å². The number of carboxylic acids is 1. The minimum absolute atomic E-state index is 0.0173. The number of aromatic nitrogens is 3. The van der Waals surface area contributed by atoms with Gasteiger partial charge in [0, 0.05) is 19.9 Å². The summed E-state index contributed by atoms with van der Waals surface area (Å²) >= 11 is 0. The van der Waals surface area contributed by atoms with Gasteiger partial charge in [-0.05, 0) is 6.42 Å². The summed E-state index contributed by atoms with van der Waals surface area (Å²) in [7, 11) is 0. The highest BCUT2D eigenvalue weighted by Crippen LogP contribution is 2.38. The van der Waals surface area contributed by atoms with Crippen molar-refractivity contribution in [2.75, 3.05) is 39.6 Å². The van der Waals surface area contributed by atoms with E-state index in [4.69, 9.17) is 28.4 Å². The monoisotopic (exact) mass is 1020 g/mol. The van der Waals surface area contributed by atoms with Crippen LogP contribution >= 0.6 is 0 Å². The minimum Gasteiger partial charge on any atom is -0.477 e. The van der Waals surface area contributed by atoms with Crippen molar-refractivity contribution in [2.45, 2.75) is 201 Å². The predicted octanol–water partition coefficient (Wildman–Crippen LogP) is -4.36. The molecule has 0 unspecified atom stereocenters. The molecule has 0 aromatic carbocycles. The highest BCUT2D eigenvalue weighted by molar-refractivity contribution is 5.91. The molecule has 3 aliphatic rings. The fraction of sp³-hybridized carbons (Fsp3) is 0.864. The third kappa shape index (κ3) is 17.0. The first-order valence-corrected chi connectivity index (χ1v) is 24.4. The number of aliphatic carboxylic acids is 1. The van der Waals surface area contributed by atoms with Gasteiger partial charge in [0.25, 0.3) is 11.7 Å². The van der Waals surface area contributed by atoms with Gasteiger partial charge in [-0.1, -0.05) is 82.8 Å². The van der Waals surface area contributed by atoms with E-state index in [1.165, 1.54) is 62.2 Å². The average molecular weight is 1030 g/mol. The van der Waals surface area contributed by atoms with E-state index in [0.717, 1.165) is 32.6 Å². The number of unbranched alkanes of at least 4 members (excludes halogenated alkanes) is 11. The van der Waals surface area contributed by atoms with Crippen LogP contribution in [0.15, 0.2) is 6.20 Å². The van der Waals surface area contributed by atoms with Crippen LogP contribution in [0.3, 0.4) is 0 Å². The Kier molecular flexibility index (Phi) is 25.3. The van der Waals surface area contributed by atoms with Crippen molar-refractivity contribution >= 4 is 23.7 Å². The number of carbonyl (C=O) groups excluding carboxylic acids is 3. The van der Waals surface area contributed by atoms with E-state index in [-0.39, 0.29) is 18.8 Å². The third-order valence-electron chi connectivity index (χ3n) is 12.6. The van der Waals surface area contributed by atoms with Crippen LogP contribution in [0, 0.1) is 0 Å².